The Hall–Kier alpha value is -1.94. The minimum absolute atomic E-state index is 0.571. The van der Waals surface area contributed by atoms with Gasteiger partial charge in [-0.25, -0.2) is 4.98 Å². The number of fused-ring (bicyclic) bond motifs is 1. The van der Waals surface area contributed by atoms with Crippen LogP contribution in [0.4, 0.5) is 0 Å². The number of halogens is 1. The standard InChI is InChI=1S/C15H11BrN2O/c16-8-11-5-6-15(18-9-11)19-13-7-12-3-1-2-4-14(12)17-10-13/h1-7,9-10H,8H2. The van der Waals surface area contributed by atoms with Crippen molar-refractivity contribution >= 4 is 26.8 Å². The molecule has 0 aliphatic heterocycles. The van der Waals surface area contributed by atoms with Gasteiger partial charge in [-0.05, 0) is 17.7 Å². The lowest BCUT2D eigenvalue weighted by atomic mass is 10.2. The van der Waals surface area contributed by atoms with E-state index >= 15 is 0 Å². The zero-order valence-electron chi connectivity index (χ0n) is 10.1. The van der Waals surface area contributed by atoms with Gasteiger partial charge in [0.2, 0.25) is 5.88 Å². The number of ether oxygens (including phenoxy) is 1. The molecule has 0 radical (unpaired) electrons. The van der Waals surface area contributed by atoms with Gasteiger partial charge in [-0.15, -0.1) is 0 Å². The Balaban J connectivity index is 1.87. The lowest BCUT2D eigenvalue weighted by Crippen LogP contribution is -1.90. The van der Waals surface area contributed by atoms with Crippen LogP contribution in [0.2, 0.25) is 0 Å². The van der Waals surface area contributed by atoms with Crippen LogP contribution in [0.5, 0.6) is 11.6 Å². The first-order valence-electron chi connectivity index (χ1n) is 5.89. The van der Waals surface area contributed by atoms with E-state index in [9.17, 15) is 0 Å². The number of alkyl halides is 1. The predicted octanol–water partition coefficient (Wildman–Crippen LogP) is 4.32. The maximum Gasteiger partial charge on any atom is 0.219 e. The molecule has 3 aromatic rings. The molecule has 0 saturated heterocycles. The van der Waals surface area contributed by atoms with Crippen molar-refractivity contribution in [2.45, 2.75) is 5.33 Å². The monoisotopic (exact) mass is 314 g/mol. The molecule has 0 aliphatic carbocycles. The second kappa shape index (κ2) is 5.36. The van der Waals surface area contributed by atoms with Crippen molar-refractivity contribution in [2.75, 3.05) is 0 Å². The van der Waals surface area contributed by atoms with E-state index in [2.05, 4.69) is 25.9 Å². The van der Waals surface area contributed by atoms with Crippen LogP contribution in [-0.4, -0.2) is 9.97 Å². The summed E-state index contributed by atoms with van der Waals surface area (Å²) in [5, 5.41) is 1.84. The van der Waals surface area contributed by atoms with Crippen LogP contribution in [0.3, 0.4) is 0 Å². The van der Waals surface area contributed by atoms with Gasteiger partial charge >= 0.3 is 0 Å². The van der Waals surface area contributed by atoms with Crippen molar-refractivity contribution in [3.8, 4) is 11.6 Å². The molecule has 0 unspecified atom stereocenters. The van der Waals surface area contributed by atoms with E-state index < -0.39 is 0 Å². The van der Waals surface area contributed by atoms with Gasteiger partial charge in [0.25, 0.3) is 0 Å². The highest BCUT2D eigenvalue weighted by atomic mass is 79.9. The van der Waals surface area contributed by atoms with Gasteiger partial charge < -0.3 is 4.74 Å². The lowest BCUT2D eigenvalue weighted by molar-refractivity contribution is 0.461. The van der Waals surface area contributed by atoms with Gasteiger partial charge in [-0.2, -0.15) is 0 Å². The molecule has 2 heterocycles. The Labute approximate surface area is 119 Å². The molecule has 3 rings (SSSR count). The number of aromatic nitrogens is 2. The quantitative estimate of drug-likeness (QED) is 0.675. The van der Waals surface area contributed by atoms with Crippen LogP contribution in [0, 0.1) is 0 Å². The lowest BCUT2D eigenvalue weighted by Gasteiger charge is -2.05. The minimum Gasteiger partial charge on any atom is -0.437 e. The maximum atomic E-state index is 5.70. The fourth-order valence-corrected chi connectivity index (χ4v) is 2.11. The molecule has 0 aliphatic rings. The van der Waals surface area contributed by atoms with Crippen molar-refractivity contribution in [2.24, 2.45) is 0 Å². The van der Waals surface area contributed by atoms with Crippen LogP contribution in [-0.2, 0) is 5.33 Å². The Kier molecular flexibility index (Phi) is 3.42. The van der Waals surface area contributed by atoms with E-state index in [1.165, 1.54) is 0 Å². The van der Waals surface area contributed by atoms with E-state index in [0.717, 1.165) is 21.8 Å². The number of hydrogen-bond donors (Lipinski definition) is 0. The van der Waals surface area contributed by atoms with Crippen molar-refractivity contribution in [3.63, 3.8) is 0 Å². The van der Waals surface area contributed by atoms with Crippen molar-refractivity contribution in [1.29, 1.82) is 0 Å². The van der Waals surface area contributed by atoms with Crippen molar-refractivity contribution in [1.82, 2.24) is 9.97 Å². The van der Waals surface area contributed by atoms with Gasteiger partial charge in [0.1, 0.15) is 5.75 Å². The van der Waals surface area contributed by atoms with Crippen LogP contribution in [0.15, 0.2) is 54.9 Å². The number of nitrogens with zero attached hydrogens (tertiary/aromatic N) is 2. The summed E-state index contributed by atoms with van der Waals surface area (Å²) in [5.41, 5.74) is 2.07. The first-order valence-corrected chi connectivity index (χ1v) is 7.01. The summed E-state index contributed by atoms with van der Waals surface area (Å²) in [7, 11) is 0. The van der Waals surface area contributed by atoms with Crippen LogP contribution < -0.4 is 4.74 Å². The molecule has 0 spiro atoms. The molecule has 0 saturated carbocycles. The zero-order valence-corrected chi connectivity index (χ0v) is 11.7. The number of rotatable bonds is 3. The van der Waals surface area contributed by atoms with Gasteiger partial charge in [-0.1, -0.05) is 40.2 Å². The van der Waals surface area contributed by atoms with Crippen LogP contribution in [0.25, 0.3) is 10.9 Å². The maximum absolute atomic E-state index is 5.70. The summed E-state index contributed by atoms with van der Waals surface area (Å²) < 4.78 is 5.70. The molecule has 1 aromatic carbocycles. The normalized spacial score (nSPS) is 10.6. The average Bonchev–Trinajstić information content (AvgIpc) is 2.48. The summed E-state index contributed by atoms with van der Waals surface area (Å²) >= 11 is 3.39. The second-order valence-corrected chi connectivity index (χ2v) is 4.66. The Bertz CT molecular complexity index is 698. The molecule has 0 N–H and O–H groups in total. The largest absolute Gasteiger partial charge is 0.437 e. The molecule has 3 nitrogen and oxygen atoms in total. The van der Waals surface area contributed by atoms with Crippen molar-refractivity contribution in [3.05, 3.63) is 60.4 Å². The van der Waals surface area contributed by atoms with E-state index in [4.69, 9.17) is 4.74 Å². The minimum atomic E-state index is 0.571. The molecule has 94 valence electrons. The molecule has 2 aromatic heterocycles. The molecule has 0 bridgehead atoms. The summed E-state index contributed by atoms with van der Waals surface area (Å²) in [4.78, 5) is 8.60. The van der Waals surface area contributed by atoms with E-state index in [-0.39, 0.29) is 0 Å². The molecule has 0 fully saturated rings. The van der Waals surface area contributed by atoms with E-state index in [1.54, 1.807) is 12.4 Å². The topological polar surface area (TPSA) is 35.0 Å². The van der Waals surface area contributed by atoms with E-state index in [0.29, 0.717) is 11.6 Å². The molecule has 0 atom stereocenters. The smallest absolute Gasteiger partial charge is 0.219 e. The first-order chi connectivity index (χ1) is 9.35. The third kappa shape index (κ3) is 2.74. The molecular weight excluding hydrogens is 304 g/mol. The van der Waals surface area contributed by atoms with Crippen LogP contribution >= 0.6 is 15.9 Å². The molecule has 19 heavy (non-hydrogen) atoms. The number of hydrogen-bond acceptors (Lipinski definition) is 3. The number of para-hydroxylation sites is 1. The Morgan fingerprint density at radius 3 is 2.68 bits per heavy atom. The highest BCUT2D eigenvalue weighted by Crippen LogP contribution is 2.22. The Morgan fingerprint density at radius 1 is 1.00 bits per heavy atom. The molecular formula is C15H11BrN2O. The fourth-order valence-electron chi connectivity index (χ4n) is 1.78. The zero-order chi connectivity index (χ0) is 13.1. The van der Waals surface area contributed by atoms with Crippen LogP contribution in [0.1, 0.15) is 5.56 Å². The molecule has 4 heteroatoms. The van der Waals surface area contributed by atoms with Gasteiger partial charge in [0, 0.05) is 23.0 Å². The summed E-state index contributed by atoms with van der Waals surface area (Å²) in [6.07, 6.45) is 3.50. The fraction of sp³-hybridized carbons (Fsp3) is 0.0667. The third-order valence-electron chi connectivity index (χ3n) is 2.74. The summed E-state index contributed by atoms with van der Waals surface area (Å²) in [5.74, 6) is 1.26. The van der Waals surface area contributed by atoms with Gasteiger partial charge in [0.05, 0.1) is 11.7 Å². The SMILES string of the molecule is BrCc1ccc(Oc2cnc3ccccc3c2)nc1. The average molecular weight is 315 g/mol. The van der Waals surface area contributed by atoms with E-state index in [1.807, 2.05) is 42.5 Å². The highest BCUT2D eigenvalue weighted by molar-refractivity contribution is 9.08. The number of pyridine rings is 2. The third-order valence-corrected chi connectivity index (χ3v) is 3.39. The Morgan fingerprint density at radius 2 is 1.89 bits per heavy atom. The predicted molar refractivity (Wildman–Crippen MR) is 78.7 cm³/mol. The van der Waals surface area contributed by atoms with Crippen molar-refractivity contribution < 1.29 is 4.74 Å². The number of benzene rings is 1. The second-order valence-electron chi connectivity index (χ2n) is 4.10. The highest BCUT2D eigenvalue weighted by Gasteiger charge is 2.01. The summed E-state index contributed by atoms with van der Waals surface area (Å²) in [6.45, 7) is 0. The van der Waals surface area contributed by atoms with Gasteiger partial charge in [0.15, 0.2) is 0 Å². The molecule has 0 amide bonds. The summed E-state index contributed by atoms with van der Waals surface area (Å²) in [6, 6.07) is 13.7. The first kappa shape index (κ1) is 12.1. The van der Waals surface area contributed by atoms with Gasteiger partial charge in [-0.3, -0.25) is 4.98 Å².